The maximum Gasteiger partial charge on any atom is 0.298 e. The summed E-state index contributed by atoms with van der Waals surface area (Å²) < 4.78 is 5.84. The van der Waals surface area contributed by atoms with Gasteiger partial charge in [0.15, 0.2) is 10.7 Å². The zero-order chi connectivity index (χ0) is 18.8. The number of thiazole rings is 1. The third kappa shape index (κ3) is 4.17. The van der Waals surface area contributed by atoms with Crippen molar-refractivity contribution in [2.24, 2.45) is 5.92 Å². The minimum Gasteiger partial charge on any atom is -0.423 e. The highest BCUT2D eigenvalue weighted by Gasteiger charge is 2.28. The van der Waals surface area contributed by atoms with Gasteiger partial charge in [-0.3, -0.25) is 4.79 Å². The van der Waals surface area contributed by atoms with E-state index in [1.807, 2.05) is 16.3 Å². The van der Waals surface area contributed by atoms with E-state index < -0.39 is 0 Å². The second kappa shape index (κ2) is 7.74. The number of nitrogen functional groups attached to an aromatic ring is 1. The lowest BCUT2D eigenvalue weighted by molar-refractivity contribution is -0.125. The number of oxazole rings is 1. The third-order valence-corrected chi connectivity index (χ3v) is 5.61. The molecule has 1 atom stereocenters. The van der Waals surface area contributed by atoms with Gasteiger partial charge in [0.25, 0.3) is 6.01 Å². The molecule has 142 valence electrons. The van der Waals surface area contributed by atoms with Gasteiger partial charge in [0.1, 0.15) is 5.52 Å². The molecule has 1 unspecified atom stereocenters. The Hall–Kier alpha value is -2.32. The Kier molecular flexibility index (Phi) is 5.18. The molecule has 0 spiro atoms. The van der Waals surface area contributed by atoms with Gasteiger partial charge in [-0.2, -0.15) is 4.98 Å². The molecule has 0 bridgehead atoms. The molecule has 7 nitrogen and oxygen atoms in total. The van der Waals surface area contributed by atoms with E-state index in [1.165, 1.54) is 11.3 Å². The van der Waals surface area contributed by atoms with E-state index in [1.54, 1.807) is 12.1 Å². The molecule has 1 aliphatic rings. The number of carbonyl (C=O) groups excluding carboxylic acids is 1. The second-order valence-electron chi connectivity index (χ2n) is 6.61. The molecular weight excluding hydrogens is 386 g/mol. The Bertz CT molecular complexity index is 956. The van der Waals surface area contributed by atoms with Crippen LogP contribution >= 0.6 is 22.9 Å². The first-order valence-corrected chi connectivity index (χ1v) is 10.1. The van der Waals surface area contributed by atoms with Crippen molar-refractivity contribution < 1.29 is 9.21 Å². The van der Waals surface area contributed by atoms with Crippen LogP contribution in [0.4, 0.5) is 11.1 Å². The highest BCUT2D eigenvalue weighted by atomic mass is 35.5. The van der Waals surface area contributed by atoms with Gasteiger partial charge < -0.3 is 20.4 Å². The molecule has 4 rings (SSSR count). The van der Waals surface area contributed by atoms with Gasteiger partial charge in [-0.15, -0.1) is 11.3 Å². The lowest BCUT2D eigenvalue weighted by Gasteiger charge is -2.30. The molecule has 0 radical (unpaired) electrons. The highest BCUT2D eigenvalue weighted by Crippen LogP contribution is 2.28. The van der Waals surface area contributed by atoms with Gasteiger partial charge in [-0.05, 0) is 31.0 Å². The number of hydrogen-bond acceptors (Lipinski definition) is 7. The maximum atomic E-state index is 12.5. The number of carbonyl (C=O) groups is 1. The molecule has 2 aromatic heterocycles. The molecule has 1 saturated heterocycles. The van der Waals surface area contributed by atoms with Gasteiger partial charge in [-0.1, -0.05) is 11.6 Å². The van der Waals surface area contributed by atoms with Crippen LogP contribution in [0.5, 0.6) is 0 Å². The van der Waals surface area contributed by atoms with Crippen molar-refractivity contribution >= 4 is 51.1 Å². The van der Waals surface area contributed by atoms with Crippen molar-refractivity contribution in [3.05, 3.63) is 34.3 Å². The summed E-state index contributed by atoms with van der Waals surface area (Å²) in [5.41, 5.74) is 7.96. The van der Waals surface area contributed by atoms with Crippen LogP contribution in [0.25, 0.3) is 11.1 Å². The van der Waals surface area contributed by atoms with Crippen LogP contribution in [-0.2, 0) is 11.2 Å². The van der Waals surface area contributed by atoms with Crippen LogP contribution in [-0.4, -0.2) is 35.5 Å². The van der Waals surface area contributed by atoms with Crippen LogP contribution in [0.15, 0.2) is 28.0 Å². The quantitative estimate of drug-likeness (QED) is 0.676. The molecule has 3 N–H and O–H groups in total. The number of piperidine rings is 1. The van der Waals surface area contributed by atoms with Gasteiger partial charge >= 0.3 is 0 Å². The van der Waals surface area contributed by atoms with E-state index in [0.29, 0.717) is 41.3 Å². The standard InChI is InChI=1S/C18H20ClN5O2S/c19-12-3-4-15-14(8-12)23-18(26-15)24-7-1-2-11(9-24)16(25)21-6-5-13-10-27-17(20)22-13/h3-4,8,10-11H,1-2,5-7,9H2,(H2,20,22)(H,21,25). The van der Waals surface area contributed by atoms with Crippen molar-refractivity contribution in [3.63, 3.8) is 0 Å². The summed E-state index contributed by atoms with van der Waals surface area (Å²) in [7, 11) is 0. The molecule has 1 aromatic carbocycles. The Balaban J connectivity index is 1.35. The SMILES string of the molecule is Nc1nc(CCNC(=O)C2CCCN(c3nc4cc(Cl)ccc4o3)C2)cs1. The number of hydrogen-bond donors (Lipinski definition) is 2. The summed E-state index contributed by atoms with van der Waals surface area (Å²) in [5.74, 6) is -0.0279. The van der Waals surface area contributed by atoms with Crippen molar-refractivity contribution in [1.29, 1.82) is 0 Å². The Morgan fingerprint density at radius 2 is 2.33 bits per heavy atom. The van der Waals surface area contributed by atoms with Crippen molar-refractivity contribution in [2.75, 3.05) is 30.3 Å². The van der Waals surface area contributed by atoms with Crippen LogP contribution in [0.3, 0.4) is 0 Å². The first-order chi connectivity index (χ1) is 13.1. The Morgan fingerprint density at radius 3 is 3.15 bits per heavy atom. The van der Waals surface area contributed by atoms with E-state index in [2.05, 4.69) is 15.3 Å². The summed E-state index contributed by atoms with van der Waals surface area (Å²) in [4.78, 5) is 23.3. The monoisotopic (exact) mass is 405 g/mol. The second-order valence-corrected chi connectivity index (χ2v) is 7.94. The lowest BCUT2D eigenvalue weighted by atomic mass is 9.97. The third-order valence-electron chi connectivity index (χ3n) is 4.65. The molecule has 9 heteroatoms. The molecule has 0 saturated carbocycles. The fourth-order valence-electron chi connectivity index (χ4n) is 3.28. The van der Waals surface area contributed by atoms with Gasteiger partial charge in [0.2, 0.25) is 5.91 Å². The molecule has 1 aliphatic heterocycles. The van der Waals surface area contributed by atoms with Crippen molar-refractivity contribution in [1.82, 2.24) is 15.3 Å². The summed E-state index contributed by atoms with van der Waals surface area (Å²) in [6.07, 6.45) is 2.46. The predicted octanol–water partition coefficient (Wildman–Crippen LogP) is 3.10. The molecule has 1 amide bonds. The minimum absolute atomic E-state index is 0.0575. The first kappa shape index (κ1) is 18.1. The predicted molar refractivity (Wildman–Crippen MR) is 107 cm³/mol. The van der Waals surface area contributed by atoms with Crippen LogP contribution in [0, 0.1) is 5.92 Å². The first-order valence-electron chi connectivity index (χ1n) is 8.87. The lowest BCUT2D eigenvalue weighted by Crippen LogP contribution is -2.43. The van der Waals surface area contributed by atoms with E-state index in [-0.39, 0.29) is 11.8 Å². The van der Waals surface area contributed by atoms with Crippen molar-refractivity contribution in [2.45, 2.75) is 19.3 Å². The van der Waals surface area contributed by atoms with Crippen LogP contribution < -0.4 is 16.0 Å². The molecule has 0 aliphatic carbocycles. The highest BCUT2D eigenvalue weighted by molar-refractivity contribution is 7.13. The number of amides is 1. The van der Waals surface area contributed by atoms with E-state index >= 15 is 0 Å². The van der Waals surface area contributed by atoms with E-state index in [9.17, 15) is 4.79 Å². The fraction of sp³-hybridized carbons (Fsp3) is 0.389. The fourth-order valence-corrected chi connectivity index (χ4v) is 4.05. The number of nitrogens with one attached hydrogen (secondary N) is 1. The van der Waals surface area contributed by atoms with Crippen molar-refractivity contribution in [3.8, 4) is 0 Å². The maximum absolute atomic E-state index is 12.5. The van der Waals surface area contributed by atoms with Gasteiger partial charge in [0, 0.05) is 36.5 Å². The summed E-state index contributed by atoms with van der Waals surface area (Å²) >= 11 is 7.43. The number of halogens is 1. The average molecular weight is 406 g/mol. The number of aromatic nitrogens is 2. The number of nitrogens with two attached hydrogens (primary N) is 1. The van der Waals surface area contributed by atoms with Crippen LogP contribution in [0.1, 0.15) is 18.5 Å². The molecule has 27 heavy (non-hydrogen) atoms. The Morgan fingerprint density at radius 1 is 1.44 bits per heavy atom. The molecule has 3 aromatic rings. The average Bonchev–Trinajstić information content (AvgIpc) is 3.27. The molecule has 3 heterocycles. The number of nitrogens with zero attached hydrogens (tertiary/aromatic N) is 3. The normalized spacial score (nSPS) is 17.4. The zero-order valence-corrected chi connectivity index (χ0v) is 16.2. The molecular formula is C18H20ClN5O2S. The smallest absolute Gasteiger partial charge is 0.298 e. The summed E-state index contributed by atoms with van der Waals surface area (Å²) in [6, 6.07) is 5.92. The van der Waals surface area contributed by atoms with Gasteiger partial charge in [-0.25, -0.2) is 4.98 Å². The summed E-state index contributed by atoms with van der Waals surface area (Å²) in [5, 5.41) is 6.11. The number of rotatable bonds is 5. The molecule has 1 fully saturated rings. The largest absolute Gasteiger partial charge is 0.423 e. The topological polar surface area (TPSA) is 97.3 Å². The zero-order valence-electron chi connectivity index (χ0n) is 14.7. The Labute approximate surface area is 165 Å². The minimum atomic E-state index is -0.0853. The number of anilines is 2. The van der Waals surface area contributed by atoms with Crippen LogP contribution in [0.2, 0.25) is 5.02 Å². The van der Waals surface area contributed by atoms with Gasteiger partial charge in [0.05, 0.1) is 11.6 Å². The number of benzene rings is 1. The number of fused-ring (bicyclic) bond motifs is 1. The summed E-state index contributed by atoms with van der Waals surface area (Å²) in [6.45, 7) is 1.97. The van der Waals surface area contributed by atoms with E-state index in [4.69, 9.17) is 21.8 Å². The van der Waals surface area contributed by atoms with E-state index in [0.717, 1.165) is 30.6 Å².